The van der Waals surface area contributed by atoms with Crippen molar-refractivity contribution in [3.05, 3.63) is 43.7 Å². The van der Waals surface area contributed by atoms with Crippen molar-refractivity contribution in [2.75, 3.05) is 6.54 Å². The summed E-state index contributed by atoms with van der Waals surface area (Å²) in [7, 11) is 0. The van der Waals surface area contributed by atoms with Crippen molar-refractivity contribution < 1.29 is 0 Å². The number of rotatable bonds is 5. The Labute approximate surface area is 108 Å². The Morgan fingerprint density at radius 3 is 2.88 bits per heavy atom. The molecule has 2 aromatic heterocycles. The Morgan fingerprint density at radius 1 is 1.38 bits per heavy atom. The van der Waals surface area contributed by atoms with Gasteiger partial charge < -0.3 is 11.1 Å². The van der Waals surface area contributed by atoms with Gasteiger partial charge in [-0.15, -0.1) is 22.7 Å². The van der Waals surface area contributed by atoms with Gasteiger partial charge in [0.25, 0.3) is 0 Å². The fourth-order valence-electron chi connectivity index (χ4n) is 1.40. The number of nitrogens with two attached hydrogens (primary N) is 1. The van der Waals surface area contributed by atoms with E-state index in [1.165, 1.54) is 9.75 Å². The lowest BCUT2D eigenvalue weighted by Gasteiger charge is -2.10. The smallest absolute Gasteiger partial charge is 0.0931 e. The summed E-state index contributed by atoms with van der Waals surface area (Å²) in [5.41, 5.74) is 6.03. The van der Waals surface area contributed by atoms with E-state index in [-0.39, 0.29) is 6.04 Å². The summed E-state index contributed by atoms with van der Waals surface area (Å²) in [6.07, 6.45) is 0. The van der Waals surface area contributed by atoms with E-state index in [2.05, 4.69) is 11.4 Å². The van der Waals surface area contributed by atoms with Crippen molar-refractivity contribution in [2.24, 2.45) is 5.73 Å². The Kier molecular flexibility index (Phi) is 4.37. The molecule has 16 heavy (non-hydrogen) atoms. The Bertz CT molecular complexity index is 425. The molecule has 2 heterocycles. The lowest BCUT2D eigenvalue weighted by Crippen LogP contribution is -2.25. The van der Waals surface area contributed by atoms with Gasteiger partial charge in [0.15, 0.2) is 0 Å². The largest absolute Gasteiger partial charge is 0.322 e. The second kappa shape index (κ2) is 5.80. The van der Waals surface area contributed by atoms with Crippen molar-refractivity contribution in [1.82, 2.24) is 5.32 Å². The summed E-state index contributed by atoms with van der Waals surface area (Å²) < 4.78 is 0.833. The summed E-state index contributed by atoms with van der Waals surface area (Å²) in [6.45, 7) is 1.62. The number of hydrogen-bond donors (Lipinski definition) is 2. The van der Waals surface area contributed by atoms with Crippen LogP contribution in [0.1, 0.15) is 15.8 Å². The predicted octanol–water partition coefficient (Wildman–Crippen LogP) is 3.25. The molecule has 3 N–H and O–H groups in total. The summed E-state index contributed by atoms with van der Waals surface area (Å²) in [5.74, 6) is 0. The van der Waals surface area contributed by atoms with E-state index in [4.69, 9.17) is 17.3 Å². The van der Waals surface area contributed by atoms with Crippen LogP contribution in [-0.2, 0) is 6.54 Å². The number of hydrogen-bond acceptors (Lipinski definition) is 4. The van der Waals surface area contributed by atoms with Gasteiger partial charge >= 0.3 is 0 Å². The van der Waals surface area contributed by atoms with E-state index in [1.54, 1.807) is 22.7 Å². The second-order valence-electron chi connectivity index (χ2n) is 3.46. The van der Waals surface area contributed by atoms with E-state index in [0.29, 0.717) is 0 Å². The molecule has 5 heteroatoms. The van der Waals surface area contributed by atoms with Crippen molar-refractivity contribution in [3.8, 4) is 0 Å². The van der Waals surface area contributed by atoms with E-state index in [0.717, 1.165) is 17.4 Å². The lowest BCUT2D eigenvalue weighted by atomic mass is 10.2. The van der Waals surface area contributed by atoms with Crippen LogP contribution in [0.4, 0.5) is 0 Å². The molecule has 0 saturated heterocycles. The predicted molar refractivity (Wildman–Crippen MR) is 72.3 cm³/mol. The summed E-state index contributed by atoms with van der Waals surface area (Å²) in [4.78, 5) is 2.46. The van der Waals surface area contributed by atoms with Crippen LogP contribution < -0.4 is 11.1 Å². The van der Waals surface area contributed by atoms with Crippen LogP contribution in [0.3, 0.4) is 0 Å². The Balaban J connectivity index is 1.76. The molecule has 0 aromatic carbocycles. The molecule has 1 atom stereocenters. The molecule has 1 unspecified atom stereocenters. The van der Waals surface area contributed by atoms with Crippen LogP contribution in [-0.4, -0.2) is 6.54 Å². The standard InChI is InChI=1S/C11H13ClN2S2/c12-11-4-3-8(16-11)6-14-7-9(13)10-2-1-5-15-10/h1-5,9,14H,6-7,13H2. The van der Waals surface area contributed by atoms with Crippen LogP contribution >= 0.6 is 34.3 Å². The van der Waals surface area contributed by atoms with Crippen LogP contribution in [0.5, 0.6) is 0 Å². The normalized spacial score (nSPS) is 12.9. The van der Waals surface area contributed by atoms with Gasteiger partial charge in [-0.25, -0.2) is 0 Å². The van der Waals surface area contributed by atoms with Gasteiger partial charge in [0.05, 0.1) is 10.4 Å². The number of halogens is 1. The van der Waals surface area contributed by atoms with Gasteiger partial charge in [-0.2, -0.15) is 0 Å². The van der Waals surface area contributed by atoms with Gasteiger partial charge in [0.2, 0.25) is 0 Å². The molecule has 0 spiro atoms. The maximum absolute atomic E-state index is 6.03. The maximum Gasteiger partial charge on any atom is 0.0931 e. The molecular formula is C11H13ClN2S2. The van der Waals surface area contributed by atoms with Crippen LogP contribution in [0.25, 0.3) is 0 Å². The minimum absolute atomic E-state index is 0.0791. The van der Waals surface area contributed by atoms with Gasteiger partial charge in [-0.3, -0.25) is 0 Å². The van der Waals surface area contributed by atoms with Gasteiger partial charge in [-0.1, -0.05) is 17.7 Å². The van der Waals surface area contributed by atoms with Gasteiger partial charge in [0.1, 0.15) is 0 Å². The van der Waals surface area contributed by atoms with Crippen molar-refractivity contribution in [3.63, 3.8) is 0 Å². The molecule has 0 amide bonds. The summed E-state index contributed by atoms with van der Waals surface area (Å²) in [5, 5.41) is 5.39. The zero-order chi connectivity index (χ0) is 11.4. The molecule has 0 aliphatic heterocycles. The average molecular weight is 273 g/mol. The van der Waals surface area contributed by atoms with Gasteiger partial charge in [0, 0.05) is 22.8 Å². The van der Waals surface area contributed by atoms with Crippen molar-refractivity contribution >= 4 is 34.3 Å². The van der Waals surface area contributed by atoms with E-state index in [9.17, 15) is 0 Å². The highest BCUT2D eigenvalue weighted by Crippen LogP contribution is 2.21. The van der Waals surface area contributed by atoms with Crippen LogP contribution in [0.15, 0.2) is 29.6 Å². The molecule has 0 aliphatic rings. The Hall–Kier alpha value is -0.390. The molecular weight excluding hydrogens is 260 g/mol. The molecule has 0 radical (unpaired) electrons. The quantitative estimate of drug-likeness (QED) is 0.877. The molecule has 2 nitrogen and oxygen atoms in total. The zero-order valence-electron chi connectivity index (χ0n) is 8.65. The topological polar surface area (TPSA) is 38.0 Å². The molecule has 0 aliphatic carbocycles. The highest BCUT2D eigenvalue weighted by atomic mass is 35.5. The monoisotopic (exact) mass is 272 g/mol. The van der Waals surface area contributed by atoms with E-state index in [1.807, 2.05) is 23.6 Å². The third kappa shape index (κ3) is 3.30. The first-order chi connectivity index (χ1) is 7.75. The summed E-state index contributed by atoms with van der Waals surface area (Å²) in [6, 6.07) is 8.13. The third-order valence-electron chi connectivity index (χ3n) is 2.20. The van der Waals surface area contributed by atoms with Crippen molar-refractivity contribution in [2.45, 2.75) is 12.6 Å². The average Bonchev–Trinajstić information content (AvgIpc) is 2.89. The molecule has 0 saturated carbocycles. The lowest BCUT2D eigenvalue weighted by molar-refractivity contribution is 0.608. The fraction of sp³-hybridized carbons (Fsp3) is 0.273. The van der Waals surface area contributed by atoms with E-state index < -0.39 is 0 Å². The highest BCUT2D eigenvalue weighted by Gasteiger charge is 2.06. The first kappa shape index (κ1) is 12.1. The molecule has 2 aromatic rings. The van der Waals surface area contributed by atoms with E-state index >= 15 is 0 Å². The number of nitrogens with one attached hydrogen (secondary N) is 1. The second-order valence-corrected chi connectivity index (χ2v) is 6.24. The van der Waals surface area contributed by atoms with Crippen molar-refractivity contribution in [1.29, 1.82) is 0 Å². The fourth-order valence-corrected chi connectivity index (χ4v) is 3.19. The molecule has 0 fully saturated rings. The minimum Gasteiger partial charge on any atom is -0.322 e. The zero-order valence-corrected chi connectivity index (χ0v) is 11.0. The first-order valence-electron chi connectivity index (χ1n) is 4.99. The SMILES string of the molecule is NC(CNCc1ccc(Cl)s1)c1cccs1. The van der Waals surface area contributed by atoms with Gasteiger partial charge in [-0.05, 0) is 23.6 Å². The third-order valence-corrected chi connectivity index (χ3v) is 4.44. The highest BCUT2D eigenvalue weighted by molar-refractivity contribution is 7.16. The molecule has 2 rings (SSSR count). The number of thiophene rings is 2. The first-order valence-corrected chi connectivity index (χ1v) is 7.07. The minimum atomic E-state index is 0.0791. The summed E-state index contributed by atoms with van der Waals surface area (Å²) >= 11 is 9.15. The molecule has 86 valence electrons. The molecule has 0 bridgehead atoms. The Morgan fingerprint density at radius 2 is 2.25 bits per heavy atom. The maximum atomic E-state index is 6.03. The van der Waals surface area contributed by atoms with Crippen LogP contribution in [0.2, 0.25) is 4.34 Å². The van der Waals surface area contributed by atoms with Crippen LogP contribution in [0, 0.1) is 0 Å².